The maximum atomic E-state index is 12.4. The lowest BCUT2D eigenvalue weighted by Gasteiger charge is -2.22. The molecule has 0 aliphatic heterocycles. The monoisotopic (exact) mass is 284 g/mol. The van der Waals surface area contributed by atoms with Gasteiger partial charge in [0.05, 0.1) is 4.90 Å². The maximum Gasteiger partial charge on any atom is 0.241 e. The van der Waals surface area contributed by atoms with Gasteiger partial charge in [0.15, 0.2) is 9.84 Å². The predicted octanol–water partition coefficient (Wildman–Crippen LogP) is 1.33. The van der Waals surface area contributed by atoms with Gasteiger partial charge >= 0.3 is 0 Å². The van der Waals surface area contributed by atoms with Crippen molar-refractivity contribution in [3.05, 3.63) is 24.0 Å². The van der Waals surface area contributed by atoms with Gasteiger partial charge in [0.25, 0.3) is 0 Å². The molecule has 0 aromatic carbocycles. The number of carbonyl (C=O) groups is 1. The molecule has 0 fully saturated rings. The lowest BCUT2D eigenvalue weighted by atomic mass is 10.2. The molecular formula is C13H20N2O3S. The van der Waals surface area contributed by atoms with E-state index in [2.05, 4.69) is 10.3 Å². The lowest BCUT2D eigenvalue weighted by molar-refractivity contribution is -0.122. The summed E-state index contributed by atoms with van der Waals surface area (Å²) in [5.41, 5.74) is 0.846. The highest BCUT2D eigenvalue weighted by atomic mass is 32.2. The first-order chi connectivity index (χ1) is 8.77. The Morgan fingerprint density at radius 3 is 2.42 bits per heavy atom. The first kappa shape index (κ1) is 15.6. The van der Waals surface area contributed by atoms with Crippen molar-refractivity contribution in [2.24, 2.45) is 0 Å². The van der Waals surface area contributed by atoms with Gasteiger partial charge in [0.2, 0.25) is 5.91 Å². The Labute approximate surface area is 114 Å². The zero-order valence-electron chi connectivity index (χ0n) is 11.7. The third kappa shape index (κ3) is 2.94. The van der Waals surface area contributed by atoms with Gasteiger partial charge in [-0.1, -0.05) is 13.3 Å². The topological polar surface area (TPSA) is 76.1 Å². The highest BCUT2D eigenvalue weighted by Crippen LogP contribution is 2.25. The number of aryl methyl sites for hydroxylation is 1. The summed E-state index contributed by atoms with van der Waals surface area (Å²) in [6.45, 7) is 4.81. The molecule has 1 aromatic rings. The molecule has 19 heavy (non-hydrogen) atoms. The fourth-order valence-corrected chi connectivity index (χ4v) is 3.07. The van der Waals surface area contributed by atoms with Crippen LogP contribution in [-0.4, -0.2) is 31.1 Å². The van der Waals surface area contributed by atoms with Crippen molar-refractivity contribution in [3.63, 3.8) is 0 Å². The van der Waals surface area contributed by atoms with Crippen LogP contribution >= 0.6 is 0 Å². The Kier molecular flexibility index (Phi) is 4.68. The molecule has 0 unspecified atom stereocenters. The van der Waals surface area contributed by atoms with Gasteiger partial charge < -0.3 is 5.32 Å². The summed E-state index contributed by atoms with van der Waals surface area (Å²) in [4.78, 5) is 15.9. The van der Waals surface area contributed by atoms with Crippen LogP contribution in [0, 0.1) is 0 Å². The van der Waals surface area contributed by atoms with E-state index in [0.717, 1.165) is 18.5 Å². The van der Waals surface area contributed by atoms with Gasteiger partial charge in [-0.25, -0.2) is 8.42 Å². The molecule has 1 heterocycles. The van der Waals surface area contributed by atoms with Crippen LogP contribution in [0.2, 0.25) is 0 Å². The van der Waals surface area contributed by atoms with Crippen LogP contribution < -0.4 is 5.32 Å². The minimum absolute atomic E-state index is 0.0703. The first-order valence-electron chi connectivity index (χ1n) is 6.19. The number of carbonyl (C=O) groups excluding carboxylic acids is 1. The van der Waals surface area contributed by atoms with Gasteiger partial charge in [-0.3, -0.25) is 9.78 Å². The Bertz CT molecular complexity index is 548. The van der Waals surface area contributed by atoms with Crippen LogP contribution in [0.1, 0.15) is 32.9 Å². The largest absolute Gasteiger partial charge is 0.358 e. The van der Waals surface area contributed by atoms with Gasteiger partial charge in [-0.15, -0.1) is 0 Å². The van der Waals surface area contributed by atoms with E-state index in [0.29, 0.717) is 0 Å². The lowest BCUT2D eigenvalue weighted by Crippen LogP contribution is -2.46. The average Bonchev–Trinajstić information content (AvgIpc) is 2.38. The van der Waals surface area contributed by atoms with Crippen molar-refractivity contribution in [3.8, 4) is 0 Å². The molecule has 1 amide bonds. The number of pyridine rings is 1. The second-order valence-corrected chi connectivity index (χ2v) is 7.33. The molecule has 0 aliphatic rings. The fraction of sp³-hybridized carbons (Fsp3) is 0.538. The maximum absolute atomic E-state index is 12.4. The number of hydrogen-bond acceptors (Lipinski definition) is 4. The summed E-state index contributed by atoms with van der Waals surface area (Å²) in [5.74, 6) is -0.537. The summed E-state index contributed by atoms with van der Waals surface area (Å²) >= 11 is 0. The highest BCUT2D eigenvalue weighted by molar-refractivity contribution is 7.93. The molecule has 1 rings (SSSR count). The van der Waals surface area contributed by atoms with Gasteiger partial charge in [0.1, 0.15) is 4.75 Å². The van der Waals surface area contributed by atoms with Crippen molar-refractivity contribution in [2.45, 2.75) is 43.3 Å². The van der Waals surface area contributed by atoms with Crippen molar-refractivity contribution in [1.82, 2.24) is 10.3 Å². The number of nitrogens with one attached hydrogen (secondary N) is 1. The molecule has 5 nitrogen and oxygen atoms in total. The molecule has 0 spiro atoms. The van der Waals surface area contributed by atoms with Crippen molar-refractivity contribution in [1.29, 1.82) is 0 Å². The zero-order valence-corrected chi connectivity index (χ0v) is 12.5. The zero-order chi connectivity index (χ0) is 14.7. The minimum Gasteiger partial charge on any atom is -0.358 e. The van der Waals surface area contributed by atoms with Crippen molar-refractivity contribution < 1.29 is 13.2 Å². The van der Waals surface area contributed by atoms with E-state index < -0.39 is 20.5 Å². The number of hydrogen-bond donors (Lipinski definition) is 1. The van der Waals surface area contributed by atoms with Crippen LogP contribution in [0.5, 0.6) is 0 Å². The van der Waals surface area contributed by atoms with E-state index in [9.17, 15) is 13.2 Å². The Balaban J connectivity index is 3.17. The van der Waals surface area contributed by atoms with E-state index >= 15 is 0 Å². The molecule has 0 aliphatic carbocycles. The normalized spacial score (nSPS) is 12.2. The fourth-order valence-electron chi connectivity index (χ4n) is 1.69. The van der Waals surface area contributed by atoms with Crippen LogP contribution in [0.15, 0.2) is 23.2 Å². The van der Waals surface area contributed by atoms with Crippen molar-refractivity contribution >= 4 is 15.7 Å². The summed E-state index contributed by atoms with van der Waals surface area (Å²) in [5, 5.41) is 2.37. The molecular weight excluding hydrogens is 264 g/mol. The Hall–Kier alpha value is -1.43. The summed E-state index contributed by atoms with van der Waals surface area (Å²) in [6, 6.07) is 3.20. The third-order valence-corrected chi connectivity index (χ3v) is 5.45. The average molecular weight is 284 g/mol. The van der Waals surface area contributed by atoms with E-state index in [-0.39, 0.29) is 4.90 Å². The Morgan fingerprint density at radius 1 is 1.37 bits per heavy atom. The molecule has 106 valence electrons. The molecule has 6 heteroatoms. The Morgan fingerprint density at radius 2 is 2.00 bits per heavy atom. The van der Waals surface area contributed by atoms with Gasteiger partial charge in [0, 0.05) is 18.9 Å². The van der Waals surface area contributed by atoms with Gasteiger partial charge in [-0.2, -0.15) is 0 Å². The van der Waals surface area contributed by atoms with Crippen LogP contribution in [0.3, 0.4) is 0 Å². The molecule has 0 saturated carbocycles. The smallest absolute Gasteiger partial charge is 0.241 e. The van der Waals surface area contributed by atoms with Gasteiger partial charge in [-0.05, 0) is 32.4 Å². The predicted molar refractivity (Wildman–Crippen MR) is 73.6 cm³/mol. The number of nitrogens with zero attached hydrogens (tertiary/aromatic N) is 1. The molecule has 0 atom stereocenters. The summed E-state index contributed by atoms with van der Waals surface area (Å²) < 4.78 is 23.3. The second kappa shape index (κ2) is 5.69. The van der Waals surface area contributed by atoms with E-state index in [1.165, 1.54) is 33.2 Å². The standard InChI is InChI=1S/C13H20N2O3S/c1-5-6-10-7-8-11(9-15-10)19(17,18)13(2,3)12(16)14-4/h7-9H,5-6H2,1-4H3,(H,14,16). The van der Waals surface area contributed by atoms with Crippen LogP contribution in [-0.2, 0) is 21.1 Å². The first-order valence-corrected chi connectivity index (χ1v) is 7.67. The quantitative estimate of drug-likeness (QED) is 0.885. The third-order valence-electron chi connectivity index (χ3n) is 3.06. The number of aromatic nitrogens is 1. The molecule has 0 bridgehead atoms. The van der Waals surface area contributed by atoms with Crippen LogP contribution in [0.25, 0.3) is 0 Å². The van der Waals surface area contributed by atoms with E-state index in [1.807, 2.05) is 6.92 Å². The molecule has 0 saturated heterocycles. The molecule has 0 radical (unpaired) electrons. The van der Waals surface area contributed by atoms with E-state index in [4.69, 9.17) is 0 Å². The summed E-state index contributed by atoms with van der Waals surface area (Å²) in [6.07, 6.45) is 3.08. The second-order valence-electron chi connectivity index (χ2n) is 4.83. The molecule has 1 aromatic heterocycles. The number of rotatable bonds is 5. The number of sulfone groups is 1. The highest BCUT2D eigenvalue weighted by Gasteiger charge is 2.42. The van der Waals surface area contributed by atoms with E-state index in [1.54, 1.807) is 6.07 Å². The minimum atomic E-state index is -3.76. The van der Waals surface area contributed by atoms with Crippen molar-refractivity contribution in [2.75, 3.05) is 7.05 Å². The summed E-state index contributed by atoms with van der Waals surface area (Å²) in [7, 11) is -2.34. The van der Waals surface area contributed by atoms with Crippen LogP contribution in [0.4, 0.5) is 0 Å². The SMILES string of the molecule is CCCc1ccc(S(=O)(=O)C(C)(C)C(=O)NC)cn1. The number of amides is 1. The molecule has 1 N–H and O–H groups in total.